The lowest BCUT2D eigenvalue weighted by molar-refractivity contribution is 0.575. The summed E-state index contributed by atoms with van der Waals surface area (Å²) < 4.78 is 0. The van der Waals surface area contributed by atoms with E-state index in [1.54, 1.807) is 0 Å². The summed E-state index contributed by atoms with van der Waals surface area (Å²) in [6, 6.07) is 10.1. The molecule has 1 aromatic rings. The Hall–Kier alpha value is -1.02. The van der Waals surface area contributed by atoms with Crippen LogP contribution >= 0.6 is 0 Å². The van der Waals surface area contributed by atoms with Gasteiger partial charge in [-0.3, -0.25) is 0 Å². The number of anilines is 1. The van der Waals surface area contributed by atoms with E-state index in [2.05, 4.69) is 62.3 Å². The number of nitrogens with one attached hydrogen (secondary N) is 1. The van der Waals surface area contributed by atoms with Crippen molar-refractivity contribution in [3.8, 4) is 0 Å². The minimum Gasteiger partial charge on any atom is -0.372 e. The molecule has 0 aliphatic carbocycles. The molecule has 18 heavy (non-hydrogen) atoms. The van der Waals surface area contributed by atoms with Crippen LogP contribution in [0.1, 0.15) is 51.6 Å². The van der Waals surface area contributed by atoms with Gasteiger partial charge in [-0.05, 0) is 44.0 Å². The highest BCUT2D eigenvalue weighted by molar-refractivity contribution is 5.48. The number of hydrogen-bond donors (Lipinski definition) is 1. The van der Waals surface area contributed by atoms with Crippen molar-refractivity contribution in [3.63, 3.8) is 0 Å². The van der Waals surface area contributed by atoms with Crippen molar-refractivity contribution in [3.05, 3.63) is 29.8 Å². The van der Waals surface area contributed by atoms with E-state index in [-0.39, 0.29) is 0 Å². The first-order valence-electron chi connectivity index (χ1n) is 7.17. The fourth-order valence-electron chi connectivity index (χ4n) is 2.60. The lowest BCUT2D eigenvalue weighted by Crippen LogP contribution is -2.30. The molecular formula is C16H28N2. The molecule has 2 heteroatoms. The van der Waals surface area contributed by atoms with E-state index in [0.29, 0.717) is 12.1 Å². The SMILES string of the molecule is CCC(NC)c1ccc(N(C)C(CC)CC)cc1. The lowest BCUT2D eigenvalue weighted by atomic mass is 10.0. The largest absolute Gasteiger partial charge is 0.372 e. The Kier molecular flexibility index (Phi) is 6.20. The zero-order valence-corrected chi connectivity index (χ0v) is 12.5. The summed E-state index contributed by atoms with van der Waals surface area (Å²) in [5, 5.41) is 3.35. The molecule has 0 spiro atoms. The Morgan fingerprint density at radius 2 is 1.56 bits per heavy atom. The van der Waals surface area contributed by atoms with Crippen LogP contribution in [0.3, 0.4) is 0 Å². The van der Waals surface area contributed by atoms with Crippen LogP contribution in [0.25, 0.3) is 0 Å². The van der Waals surface area contributed by atoms with E-state index in [9.17, 15) is 0 Å². The molecular weight excluding hydrogens is 220 g/mol. The summed E-state index contributed by atoms with van der Waals surface area (Å²) in [6.07, 6.45) is 3.52. The second kappa shape index (κ2) is 7.42. The molecule has 0 aliphatic rings. The molecule has 1 rings (SSSR count). The molecule has 1 unspecified atom stereocenters. The van der Waals surface area contributed by atoms with E-state index in [4.69, 9.17) is 0 Å². The molecule has 0 saturated heterocycles. The van der Waals surface area contributed by atoms with Crippen molar-refractivity contribution >= 4 is 5.69 Å². The van der Waals surface area contributed by atoms with Gasteiger partial charge in [0.15, 0.2) is 0 Å². The molecule has 1 N–H and O–H groups in total. The molecule has 0 aromatic heterocycles. The average molecular weight is 248 g/mol. The molecule has 102 valence electrons. The zero-order valence-electron chi connectivity index (χ0n) is 12.5. The topological polar surface area (TPSA) is 15.3 Å². The van der Waals surface area contributed by atoms with Gasteiger partial charge in [-0.2, -0.15) is 0 Å². The van der Waals surface area contributed by atoms with Crippen molar-refractivity contribution in [1.82, 2.24) is 5.32 Å². The van der Waals surface area contributed by atoms with Gasteiger partial charge in [-0.1, -0.05) is 32.9 Å². The maximum absolute atomic E-state index is 3.35. The number of rotatable bonds is 7. The maximum atomic E-state index is 3.35. The highest BCUT2D eigenvalue weighted by Crippen LogP contribution is 2.22. The Bertz CT molecular complexity index is 323. The summed E-state index contributed by atoms with van der Waals surface area (Å²) in [7, 11) is 4.22. The van der Waals surface area contributed by atoms with E-state index in [1.807, 2.05) is 7.05 Å². The van der Waals surface area contributed by atoms with Crippen LogP contribution in [-0.2, 0) is 0 Å². The van der Waals surface area contributed by atoms with Crippen LogP contribution in [0.4, 0.5) is 5.69 Å². The van der Waals surface area contributed by atoms with Gasteiger partial charge < -0.3 is 10.2 Å². The van der Waals surface area contributed by atoms with Gasteiger partial charge in [0, 0.05) is 24.8 Å². The molecule has 0 radical (unpaired) electrons. The fraction of sp³-hybridized carbons (Fsp3) is 0.625. The Balaban J connectivity index is 2.81. The molecule has 2 nitrogen and oxygen atoms in total. The van der Waals surface area contributed by atoms with Gasteiger partial charge in [0.25, 0.3) is 0 Å². The highest BCUT2D eigenvalue weighted by atomic mass is 15.1. The quantitative estimate of drug-likeness (QED) is 0.785. The third kappa shape index (κ3) is 3.49. The molecule has 1 atom stereocenters. The van der Waals surface area contributed by atoms with Crippen molar-refractivity contribution in [2.24, 2.45) is 0 Å². The first kappa shape index (κ1) is 15.0. The second-order valence-corrected chi connectivity index (χ2v) is 4.92. The normalized spacial score (nSPS) is 12.8. The first-order valence-corrected chi connectivity index (χ1v) is 7.17. The minimum absolute atomic E-state index is 0.470. The summed E-state index contributed by atoms with van der Waals surface area (Å²) in [5.41, 5.74) is 2.69. The van der Waals surface area contributed by atoms with Crippen molar-refractivity contribution < 1.29 is 0 Å². The van der Waals surface area contributed by atoms with Gasteiger partial charge >= 0.3 is 0 Å². The van der Waals surface area contributed by atoms with Crippen LogP contribution in [0.15, 0.2) is 24.3 Å². The van der Waals surface area contributed by atoms with E-state index < -0.39 is 0 Å². The minimum atomic E-state index is 0.470. The molecule has 0 bridgehead atoms. The van der Waals surface area contributed by atoms with Gasteiger partial charge in [-0.15, -0.1) is 0 Å². The average Bonchev–Trinajstić information content (AvgIpc) is 2.42. The molecule has 1 aromatic carbocycles. The Morgan fingerprint density at radius 3 is 1.94 bits per heavy atom. The monoisotopic (exact) mass is 248 g/mol. The van der Waals surface area contributed by atoms with E-state index in [0.717, 1.165) is 6.42 Å². The molecule has 0 aliphatic heterocycles. The maximum Gasteiger partial charge on any atom is 0.0366 e. The predicted octanol–water partition coefficient (Wildman–Crippen LogP) is 3.98. The third-order valence-corrected chi connectivity index (χ3v) is 3.95. The molecule has 0 saturated carbocycles. The Morgan fingerprint density at radius 1 is 1.00 bits per heavy atom. The second-order valence-electron chi connectivity index (χ2n) is 4.92. The number of hydrogen-bond acceptors (Lipinski definition) is 2. The van der Waals surface area contributed by atoms with Crippen molar-refractivity contribution in [1.29, 1.82) is 0 Å². The lowest BCUT2D eigenvalue weighted by Gasteiger charge is -2.28. The van der Waals surface area contributed by atoms with Crippen molar-refractivity contribution in [2.75, 3.05) is 19.0 Å². The van der Waals surface area contributed by atoms with E-state index >= 15 is 0 Å². The van der Waals surface area contributed by atoms with Crippen LogP contribution in [-0.4, -0.2) is 20.1 Å². The van der Waals surface area contributed by atoms with Gasteiger partial charge in [0.1, 0.15) is 0 Å². The van der Waals surface area contributed by atoms with Gasteiger partial charge in [0.2, 0.25) is 0 Å². The van der Waals surface area contributed by atoms with Crippen LogP contribution in [0, 0.1) is 0 Å². The standard InChI is InChI=1S/C16H28N2/c1-6-14(7-2)18(5)15-11-9-13(10-12-15)16(8-3)17-4/h9-12,14,16-17H,6-8H2,1-5H3. The van der Waals surface area contributed by atoms with Crippen LogP contribution < -0.4 is 10.2 Å². The van der Waals surface area contributed by atoms with E-state index in [1.165, 1.54) is 24.1 Å². The predicted molar refractivity (Wildman–Crippen MR) is 81.3 cm³/mol. The number of benzene rings is 1. The van der Waals surface area contributed by atoms with Crippen LogP contribution in [0.2, 0.25) is 0 Å². The third-order valence-electron chi connectivity index (χ3n) is 3.95. The summed E-state index contributed by atoms with van der Waals surface area (Å²) in [4.78, 5) is 2.39. The smallest absolute Gasteiger partial charge is 0.0366 e. The summed E-state index contributed by atoms with van der Waals surface area (Å²) >= 11 is 0. The molecule has 0 amide bonds. The summed E-state index contributed by atoms with van der Waals surface area (Å²) in [5.74, 6) is 0. The molecule has 0 fully saturated rings. The summed E-state index contributed by atoms with van der Waals surface area (Å²) in [6.45, 7) is 6.73. The van der Waals surface area contributed by atoms with Crippen molar-refractivity contribution in [2.45, 2.75) is 52.1 Å². The first-order chi connectivity index (χ1) is 8.67. The number of nitrogens with zero attached hydrogens (tertiary/aromatic N) is 1. The molecule has 0 heterocycles. The Labute approximate surface area is 112 Å². The van der Waals surface area contributed by atoms with Crippen LogP contribution in [0.5, 0.6) is 0 Å². The highest BCUT2D eigenvalue weighted by Gasteiger charge is 2.12. The van der Waals surface area contributed by atoms with Gasteiger partial charge in [-0.25, -0.2) is 0 Å². The zero-order chi connectivity index (χ0) is 13.5. The fourth-order valence-corrected chi connectivity index (χ4v) is 2.60. The van der Waals surface area contributed by atoms with Gasteiger partial charge in [0.05, 0.1) is 0 Å².